The van der Waals surface area contributed by atoms with Crippen LogP contribution in [-0.2, 0) is 14.2 Å². The first kappa shape index (κ1) is 19.8. The van der Waals surface area contributed by atoms with Gasteiger partial charge in [0.25, 0.3) is 0 Å². The molecular weight excluding hydrogens is 288 g/mol. The minimum absolute atomic E-state index is 0.0542. The molecule has 0 aromatic carbocycles. The van der Waals surface area contributed by atoms with Gasteiger partial charge in [0, 0.05) is 18.3 Å². The van der Waals surface area contributed by atoms with Gasteiger partial charge < -0.3 is 14.2 Å². The Hall–Kier alpha value is -1.26. The summed E-state index contributed by atoms with van der Waals surface area (Å²) in [5, 5.41) is 0. The van der Waals surface area contributed by atoms with E-state index in [-0.39, 0.29) is 11.5 Å². The largest absolute Gasteiger partial charge is 0.361 e. The zero-order valence-corrected chi connectivity index (χ0v) is 15.0. The van der Waals surface area contributed by atoms with Crippen molar-refractivity contribution in [3.63, 3.8) is 0 Å². The Balaban J connectivity index is 2.67. The molecule has 1 aliphatic heterocycles. The second-order valence-electron chi connectivity index (χ2n) is 6.90. The van der Waals surface area contributed by atoms with Gasteiger partial charge in [-0.1, -0.05) is 37.3 Å². The maximum atomic E-state index is 5.79. The first-order chi connectivity index (χ1) is 10.8. The number of terminal acetylenes is 1. The van der Waals surface area contributed by atoms with Crippen LogP contribution in [0.3, 0.4) is 0 Å². The van der Waals surface area contributed by atoms with Gasteiger partial charge in [-0.05, 0) is 27.2 Å². The fourth-order valence-electron chi connectivity index (χ4n) is 2.27. The molecule has 1 atom stereocenters. The Morgan fingerprint density at radius 1 is 1.30 bits per heavy atom. The summed E-state index contributed by atoms with van der Waals surface area (Å²) in [6, 6.07) is 0. The van der Waals surface area contributed by atoms with Gasteiger partial charge in [0.15, 0.2) is 5.79 Å². The van der Waals surface area contributed by atoms with E-state index in [4.69, 9.17) is 20.6 Å². The smallest absolute Gasteiger partial charge is 0.162 e. The summed E-state index contributed by atoms with van der Waals surface area (Å²) in [6.07, 6.45) is 8.68. The van der Waals surface area contributed by atoms with Gasteiger partial charge in [-0.2, -0.15) is 0 Å². The fraction of sp³-hybridized carbons (Fsp3) is 0.700. The van der Waals surface area contributed by atoms with Crippen molar-refractivity contribution in [2.24, 2.45) is 5.41 Å². The SMILES string of the molecule is C#CCC1(CC#CC(CCC)OCC(=C)C)COC(C)(C)OC1. The third kappa shape index (κ3) is 7.23. The van der Waals surface area contributed by atoms with E-state index in [1.807, 2.05) is 20.8 Å². The molecule has 0 saturated carbocycles. The molecule has 128 valence electrons. The van der Waals surface area contributed by atoms with Crippen molar-refractivity contribution in [1.29, 1.82) is 0 Å². The predicted octanol–water partition coefficient (Wildman–Crippen LogP) is 3.93. The highest BCUT2D eigenvalue weighted by Crippen LogP contribution is 2.35. The third-order valence-electron chi connectivity index (χ3n) is 3.74. The first-order valence-corrected chi connectivity index (χ1v) is 8.28. The minimum atomic E-state index is -0.541. The van der Waals surface area contributed by atoms with E-state index in [0.29, 0.717) is 32.7 Å². The van der Waals surface area contributed by atoms with Crippen molar-refractivity contribution < 1.29 is 14.2 Å². The number of hydrogen-bond donors (Lipinski definition) is 0. The predicted molar refractivity (Wildman–Crippen MR) is 93.7 cm³/mol. The molecular formula is C20H30O3. The van der Waals surface area contributed by atoms with Crippen molar-refractivity contribution in [2.45, 2.75) is 65.3 Å². The van der Waals surface area contributed by atoms with Gasteiger partial charge in [-0.15, -0.1) is 12.3 Å². The molecule has 0 spiro atoms. The van der Waals surface area contributed by atoms with Gasteiger partial charge in [0.05, 0.1) is 19.8 Å². The highest BCUT2D eigenvalue weighted by Gasteiger charge is 2.39. The first-order valence-electron chi connectivity index (χ1n) is 8.28. The summed E-state index contributed by atoms with van der Waals surface area (Å²) < 4.78 is 17.4. The van der Waals surface area contributed by atoms with Gasteiger partial charge in [0.2, 0.25) is 0 Å². The summed E-state index contributed by atoms with van der Waals surface area (Å²) >= 11 is 0. The van der Waals surface area contributed by atoms with Crippen LogP contribution in [0.2, 0.25) is 0 Å². The van der Waals surface area contributed by atoms with Crippen LogP contribution in [0, 0.1) is 29.6 Å². The summed E-state index contributed by atoms with van der Waals surface area (Å²) in [5.74, 6) is 8.69. The molecule has 23 heavy (non-hydrogen) atoms. The molecule has 1 fully saturated rings. The van der Waals surface area contributed by atoms with E-state index < -0.39 is 5.79 Å². The van der Waals surface area contributed by atoms with E-state index >= 15 is 0 Å². The Bertz CT molecular complexity index is 477. The lowest BCUT2D eigenvalue weighted by Gasteiger charge is -2.41. The summed E-state index contributed by atoms with van der Waals surface area (Å²) in [5.41, 5.74) is 0.788. The molecule has 1 heterocycles. The van der Waals surface area contributed by atoms with Gasteiger partial charge >= 0.3 is 0 Å². The van der Waals surface area contributed by atoms with Crippen LogP contribution in [0.4, 0.5) is 0 Å². The molecule has 0 aromatic rings. The highest BCUT2D eigenvalue weighted by atomic mass is 16.7. The average Bonchev–Trinajstić information content (AvgIpc) is 2.48. The monoisotopic (exact) mass is 318 g/mol. The quantitative estimate of drug-likeness (QED) is 0.526. The molecule has 0 radical (unpaired) electrons. The van der Waals surface area contributed by atoms with Crippen LogP contribution < -0.4 is 0 Å². The van der Waals surface area contributed by atoms with E-state index in [9.17, 15) is 0 Å². The second-order valence-corrected chi connectivity index (χ2v) is 6.90. The molecule has 0 amide bonds. The lowest BCUT2D eigenvalue weighted by Crippen LogP contribution is -2.46. The molecule has 1 unspecified atom stereocenters. The maximum Gasteiger partial charge on any atom is 0.162 e. The van der Waals surface area contributed by atoms with E-state index in [1.54, 1.807) is 0 Å². The van der Waals surface area contributed by atoms with Gasteiger partial charge in [0.1, 0.15) is 6.10 Å². The molecule has 1 aliphatic rings. The number of ether oxygens (including phenoxy) is 3. The Labute approximate surface area is 141 Å². The van der Waals surface area contributed by atoms with Crippen LogP contribution in [0.15, 0.2) is 12.2 Å². The van der Waals surface area contributed by atoms with Crippen molar-refractivity contribution >= 4 is 0 Å². The van der Waals surface area contributed by atoms with Crippen LogP contribution in [0.25, 0.3) is 0 Å². The zero-order chi connectivity index (χ0) is 17.3. The van der Waals surface area contributed by atoms with Crippen LogP contribution in [0.1, 0.15) is 53.4 Å². The molecule has 3 heteroatoms. The molecule has 0 aliphatic carbocycles. The molecule has 0 N–H and O–H groups in total. The van der Waals surface area contributed by atoms with E-state index in [1.165, 1.54) is 0 Å². The molecule has 0 aromatic heterocycles. The Morgan fingerprint density at radius 2 is 1.96 bits per heavy atom. The normalized spacial score (nSPS) is 20.0. The highest BCUT2D eigenvalue weighted by molar-refractivity contribution is 5.11. The lowest BCUT2D eigenvalue weighted by atomic mass is 9.82. The van der Waals surface area contributed by atoms with Crippen molar-refractivity contribution in [3.8, 4) is 24.2 Å². The fourth-order valence-corrected chi connectivity index (χ4v) is 2.27. The Kier molecular flexibility index (Phi) is 7.86. The standard InChI is InChI=1S/C20H30O3/c1-7-10-18(21-14-17(3)4)11-9-13-20(12-8-2)15-22-19(5,6)23-16-20/h2,18H,3,7,10,12-16H2,1,4-6H3. The molecule has 1 rings (SSSR count). The van der Waals surface area contributed by atoms with Crippen LogP contribution in [-0.4, -0.2) is 31.7 Å². The minimum Gasteiger partial charge on any atom is -0.361 e. The lowest BCUT2D eigenvalue weighted by molar-refractivity contribution is -0.283. The maximum absolute atomic E-state index is 5.79. The molecule has 3 nitrogen and oxygen atoms in total. The van der Waals surface area contributed by atoms with E-state index in [2.05, 4.69) is 31.3 Å². The van der Waals surface area contributed by atoms with Crippen molar-refractivity contribution in [1.82, 2.24) is 0 Å². The van der Waals surface area contributed by atoms with Crippen LogP contribution in [0.5, 0.6) is 0 Å². The van der Waals surface area contributed by atoms with Crippen molar-refractivity contribution in [2.75, 3.05) is 19.8 Å². The van der Waals surface area contributed by atoms with Crippen molar-refractivity contribution in [3.05, 3.63) is 12.2 Å². The molecule has 1 saturated heterocycles. The topological polar surface area (TPSA) is 27.7 Å². The second kappa shape index (κ2) is 9.14. The zero-order valence-electron chi connectivity index (χ0n) is 15.0. The number of rotatable bonds is 7. The summed E-state index contributed by atoms with van der Waals surface area (Å²) in [7, 11) is 0. The summed E-state index contributed by atoms with van der Waals surface area (Å²) in [6.45, 7) is 13.5. The van der Waals surface area contributed by atoms with Gasteiger partial charge in [-0.3, -0.25) is 0 Å². The third-order valence-corrected chi connectivity index (χ3v) is 3.74. The van der Waals surface area contributed by atoms with E-state index in [0.717, 1.165) is 18.4 Å². The summed E-state index contributed by atoms with van der Waals surface area (Å²) in [4.78, 5) is 0. The van der Waals surface area contributed by atoms with Crippen LogP contribution >= 0.6 is 0 Å². The average molecular weight is 318 g/mol. The van der Waals surface area contributed by atoms with Gasteiger partial charge in [-0.25, -0.2) is 0 Å². The molecule has 0 bridgehead atoms. The number of hydrogen-bond acceptors (Lipinski definition) is 3. The Morgan fingerprint density at radius 3 is 2.48 bits per heavy atom.